The van der Waals surface area contributed by atoms with Gasteiger partial charge in [0, 0.05) is 25.5 Å². The second-order valence-corrected chi connectivity index (χ2v) is 5.42. The summed E-state index contributed by atoms with van der Waals surface area (Å²) in [6.45, 7) is 0. The maximum absolute atomic E-state index is 11.5. The fraction of sp³-hybridized carbons (Fsp3) is 0.182. The molecule has 0 spiro atoms. The lowest BCUT2D eigenvalue weighted by molar-refractivity contribution is 0.415. The van der Waals surface area contributed by atoms with Gasteiger partial charge in [-0.05, 0) is 12.1 Å². The summed E-state index contributed by atoms with van der Waals surface area (Å²) >= 11 is 0. The van der Waals surface area contributed by atoms with Gasteiger partial charge in [-0.25, -0.2) is 4.98 Å². The van der Waals surface area contributed by atoms with Gasteiger partial charge in [0.15, 0.2) is 0 Å². The lowest BCUT2D eigenvalue weighted by Crippen LogP contribution is -2.27. The average molecular weight is 252 g/mol. The first kappa shape index (κ1) is 11.8. The van der Waals surface area contributed by atoms with Crippen LogP contribution in [-0.2, 0) is 10.3 Å². The third kappa shape index (κ3) is 2.54. The van der Waals surface area contributed by atoms with Crippen LogP contribution >= 0.6 is 0 Å². The predicted molar refractivity (Wildman–Crippen MR) is 65.0 cm³/mol. The summed E-state index contributed by atoms with van der Waals surface area (Å²) in [5.74, 6) is 0.0670. The van der Waals surface area contributed by atoms with Gasteiger partial charge in [-0.15, -0.1) is 0 Å². The Hall–Kier alpha value is -1.66. The summed E-state index contributed by atoms with van der Waals surface area (Å²) in [5.41, 5.74) is 0.693. The van der Waals surface area contributed by atoms with E-state index >= 15 is 0 Å². The first-order valence-electron chi connectivity index (χ1n) is 4.97. The summed E-state index contributed by atoms with van der Waals surface area (Å²) in [7, 11) is -0.951. The quantitative estimate of drug-likeness (QED) is 0.829. The molecule has 90 valence electrons. The molecule has 0 aliphatic rings. The number of rotatable bonds is 3. The van der Waals surface area contributed by atoms with Crippen molar-refractivity contribution < 1.29 is 12.6 Å². The van der Waals surface area contributed by atoms with E-state index < -0.39 is 10.3 Å². The first-order valence-corrected chi connectivity index (χ1v) is 6.33. The topological polar surface area (TPSA) is 59.5 Å². The number of para-hydroxylation sites is 1. The van der Waals surface area contributed by atoms with Crippen molar-refractivity contribution in [1.82, 2.24) is 9.29 Å². The maximum Gasteiger partial charge on any atom is 0.386 e. The molecule has 0 saturated heterocycles. The van der Waals surface area contributed by atoms with Crippen molar-refractivity contribution in [2.75, 3.05) is 14.1 Å². The number of aromatic nitrogens is 1. The molecule has 0 radical (unpaired) electrons. The largest absolute Gasteiger partial charge is 0.386 e. The van der Waals surface area contributed by atoms with Crippen LogP contribution in [0.25, 0.3) is 10.9 Å². The Morgan fingerprint density at radius 2 is 1.82 bits per heavy atom. The Bertz CT molecular complexity index is 638. The fourth-order valence-electron chi connectivity index (χ4n) is 1.28. The average Bonchev–Trinajstić information content (AvgIpc) is 2.28. The molecule has 1 heterocycles. The van der Waals surface area contributed by atoms with Crippen molar-refractivity contribution in [3.8, 4) is 5.88 Å². The van der Waals surface area contributed by atoms with Crippen LogP contribution < -0.4 is 4.18 Å². The summed E-state index contributed by atoms with van der Waals surface area (Å²) in [4.78, 5) is 4.11. The van der Waals surface area contributed by atoms with Crippen molar-refractivity contribution in [2.45, 2.75) is 0 Å². The van der Waals surface area contributed by atoms with Gasteiger partial charge in [0.05, 0.1) is 5.52 Å². The van der Waals surface area contributed by atoms with E-state index in [9.17, 15) is 8.42 Å². The van der Waals surface area contributed by atoms with Gasteiger partial charge in [-0.3, -0.25) is 0 Å². The molecule has 0 fully saturated rings. The number of hydrogen-bond donors (Lipinski definition) is 0. The molecule has 6 heteroatoms. The van der Waals surface area contributed by atoms with Crippen LogP contribution in [0.4, 0.5) is 0 Å². The molecule has 17 heavy (non-hydrogen) atoms. The monoisotopic (exact) mass is 252 g/mol. The van der Waals surface area contributed by atoms with Gasteiger partial charge in [0.25, 0.3) is 0 Å². The third-order valence-electron chi connectivity index (χ3n) is 2.21. The number of benzene rings is 1. The second kappa shape index (κ2) is 4.31. The van der Waals surface area contributed by atoms with Crippen LogP contribution in [0.3, 0.4) is 0 Å². The minimum Gasteiger partial charge on any atom is -0.350 e. The zero-order chi connectivity index (χ0) is 12.5. The molecule has 0 amide bonds. The van der Waals surface area contributed by atoms with Gasteiger partial charge in [-0.2, -0.15) is 12.7 Å². The molecule has 2 aromatic rings. The van der Waals surface area contributed by atoms with E-state index in [4.69, 9.17) is 4.18 Å². The Kier molecular flexibility index (Phi) is 2.99. The molecule has 0 aliphatic heterocycles. The van der Waals surface area contributed by atoms with Crippen LogP contribution in [0.5, 0.6) is 5.88 Å². The van der Waals surface area contributed by atoms with Gasteiger partial charge in [0.2, 0.25) is 5.88 Å². The standard InChI is InChI=1S/C11H12N2O3S/c1-13(2)17(14,15)16-11-8-7-9-5-3-4-6-10(9)12-11/h3-8H,1-2H3. The van der Waals surface area contributed by atoms with Gasteiger partial charge >= 0.3 is 10.3 Å². The van der Waals surface area contributed by atoms with Crippen LogP contribution in [0, 0.1) is 0 Å². The van der Waals surface area contributed by atoms with Gasteiger partial charge in [0.1, 0.15) is 0 Å². The van der Waals surface area contributed by atoms with Crippen LogP contribution in [-0.4, -0.2) is 31.8 Å². The second-order valence-electron chi connectivity index (χ2n) is 3.67. The van der Waals surface area contributed by atoms with E-state index in [0.29, 0.717) is 5.52 Å². The van der Waals surface area contributed by atoms with E-state index in [0.717, 1.165) is 9.69 Å². The van der Waals surface area contributed by atoms with Crippen molar-refractivity contribution >= 4 is 21.2 Å². The van der Waals surface area contributed by atoms with Crippen molar-refractivity contribution in [3.63, 3.8) is 0 Å². The van der Waals surface area contributed by atoms with Crippen molar-refractivity contribution in [2.24, 2.45) is 0 Å². The van der Waals surface area contributed by atoms with Crippen LogP contribution in [0.2, 0.25) is 0 Å². The van der Waals surface area contributed by atoms with E-state index in [1.807, 2.05) is 18.2 Å². The SMILES string of the molecule is CN(C)S(=O)(=O)Oc1ccc2ccccc2n1. The number of nitrogens with zero attached hydrogens (tertiary/aromatic N) is 2. The van der Waals surface area contributed by atoms with Crippen molar-refractivity contribution in [1.29, 1.82) is 0 Å². The highest BCUT2D eigenvalue weighted by molar-refractivity contribution is 7.84. The normalized spacial score (nSPS) is 11.9. The number of pyridine rings is 1. The molecule has 0 aliphatic carbocycles. The zero-order valence-electron chi connectivity index (χ0n) is 9.49. The van der Waals surface area contributed by atoms with E-state index in [-0.39, 0.29) is 5.88 Å². The molecule has 1 aromatic heterocycles. The molecule has 0 atom stereocenters. The molecule has 5 nitrogen and oxygen atoms in total. The molecule has 1 aromatic carbocycles. The molecular weight excluding hydrogens is 240 g/mol. The molecule has 0 saturated carbocycles. The highest BCUT2D eigenvalue weighted by Gasteiger charge is 2.16. The number of fused-ring (bicyclic) bond motifs is 1. The molecule has 0 unspecified atom stereocenters. The van der Waals surface area contributed by atoms with Crippen LogP contribution in [0.1, 0.15) is 0 Å². The lowest BCUT2D eigenvalue weighted by Gasteiger charge is -2.11. The summed E-state index contributed by atoms with van der Waals surface area (Å²) in [5, 5.41) is 0.933. The smallest absolute Gasteiger partial charge is 0.350 e. The highest BCUT2D eigenvalue weighted by atomic mass is 32.2. The Balaban J connectivity index is 2.38. The Morgan fingerprint density at radius 1 is 1.12 bits per heavy atom. The minimum absolute atomic E-state index is 0.0670. The van der Waals surface area contributed by atoms with Crippen molar-refractivity contribution in [3.05, 3.63) is 36.4 Å². The van der Waals surface area contributed by atoms with E-state index in [2.05, 4.69) is 4.98 Å². The summed E-state index contributed by atoms with van der Waals surface area (Å²) in [6.07, 6.45) is 0. The fourth-order valence-corrected chi connectivity index (χ4v) is 1.73. The zero-order valence-corrected chi connectivity index (χ0v) is 10.3. The summed E-state index contributed by atoms with van der Waals surface area (Å²) < 4.78 is 28.8. The van der Waals surface area contributed by atoms with Gasteiger partial charge in [-0.1, -0.05) is 18.2 Å². The molecule has 0 bridgehead atoms. The molecule has 2 rings (SSSR count). The first-order chi connectivity index (χ1) is 7.99. The van der Waals surface area contributed by atoms with Gasteiger partial charge < -0.3 is 4.18 Å². The maximum atomic E-state index is 11.5. The van der Waals surface area contributed by atoms with Crippen LogP contribution in [0.15, 0.2) is 36.4 Å². The third-order valence-corrected chi connectivity index (χ3v) is 3.49. The number of hydrogen-bond acceptors (Lipinski definition) is 4. The highest BCUT2D eigenvalue weighted by Crippen LogP contribution is 2.17. The Labute approximate surface area is 99.9 Å². The molecular formula is C11H12N2O3S. The predicted octanol–water partition coefficient (Wildman–Crippen LogP) is 1.42. The Morgan fingerprint density at radius 3 is 2.53 bits per heavy atom. The minimum atomic E-state index is -3.75. The lowest BCUT2D eigenvalue weighted by atomic mass is 10.2. The summed E-state index contributed by atoms with van der Waals surface area (Å²) in [6, 6.07) is 10.7. The van der Waals surface area contributed by atoms with E-state index in [1.165, 1.54) is 20.2 Å². The molecule has 0 N–H and O–H groups in total. The van der Waals surface area contributed by atoms with E-state index in [1.54, 1.807) is 12.1 Å².